The highest BCUT2D eigenvalue weighted by Crippen LogP contribution is 2.45. The maximum atomic E-state index is 13.1. The second-order valence-electron chi connectivity index (χ2n) is 28.7. The van der Waals surface area contributed by atoms with Crippen LogP contribution in [0.1, 0.15) is 401 Å². The van der Waals surface area contributed by atoms with Crippen LogP contribution in [-0.4, -0.2) is 96.7 Å². The summed E-state index contributed by atoms with van der Waals surface area (Å²) in [5.41, 5.74) is 0. The van der Waals surface area contributed by atoms with Crippen molar-refractivity contribution < 1.29 is 80.2 Å². The molecule has 0 aromatic carbocycles. The minimum absolute atomic E-state index is 0.107. The molecule has 0 saturated carbocycles. The first-order chi connectivity index (χ1) is 46.4. The molecule has 0 amide bonds. The molecule has 2 unspecified atom stereocenters. The zero-order valence-electron chi connectivity index (χ0n) is 62.7. The van der Waals surface area contributed by atoms with Gasteiger partial charge in [0, 0.05) is 25.7 Å². The number of phosphoric acid groups is 2. The third kappa shape index (κ3) is 70.5. The molecule has 0 aliphatic heterocycles. The second kappa shape index (κ2) is 68.8. The van der Waals surface area contributed by atoms with Gasteiger partial charge >= 0.3 is 39.5 Å². The largest absolute Gasteiger partial charge is 0.472 e. The molecule has 0 aromatic rings. The smallest absolute Gasteiger partial charge is 0.462 e. The summed E-state index contributed by atoms with van der Waals surface area (Å²) in [4.78, 5) is 72.9. The van der Waals surface area contributed by atoms with Crippen molar-refractivity contribution in [3.8, 4) is 0 Å². The Labute approximate surface area is 588 Å². The average Bonchev–Trinajstić information content (AvgIpc) is 1.14. The molecule has 0 rings (SSSR count). The Morgan fingerprint density at radius 1 is 0.281 bits per heavy atom. The van der Waals surface area contributed by atoms with Gasteiger partial charge in [0.2, 0.25) is 0 Å². The Bertz CT molecular complexity index is 1860. The van der Waals surface area contributed by atoms with Crippen LogP contribution in [0.2, 0.25) is 0 Å². The third-order valence-electron chi connectivity index (χ3n) is 18.0. The van der Waals surface area contributed by atoms with Crippen molar-refractivity contribution in [2.45, 2.75) is 419 Å². The first-order valence-corrected chi connectivity index (χ1v) is 43.0. The number of aliphatic hydroxyl groups is 1. The summed E-state index contributed by atoms with van der Waals surface area (Å²) in [6.45, 7) is 9.57. The lowest BCUT2D eigenvalue weighted by Crippen LogP contribution is -2.30. The van der Waals surface area contributed by atoms with Crippen LogP contribution in [0.4, 0.5) is 0 Å². The van der Waals surface area contributed by atoms with E-state index in [0.717, 1.165) is 102 Å². The minimum Gasteiger partial charge on any atom is -0.462 e. The molecular formula is C77H150O17P2. The van der Waals surface area contributed by atoms with Gasteiger partial charge in [0.15, 0.2) is 12.2 Å². The average molecular weight is 1410 g/mol. The van der Waals surface area contributed by atoms with Crippen molar-refractivity contribution in [3.63, 3.8) is 0 Å². The van der Waals surface area contributed by atoms with Crippen LogP contribution in [0.5, 0.6) is 0 Å². The van der Waals surface area contributed by atoms with E-state index in [9.17, 15) is 43.2 Å². The van der Waals surface area contributed by atoms with Crippen molar-refractivity contribution in [1.82, 2.24) is 0 Å². The SMILES string of the molecule is CCCCCCCCCCCCCCCCCCCC(=O)O[C@H](COC(=O)CCCCCCCCCCCCCCC(C)C)COP(=O)(O)OC[C@@H](O)COP(=O)(O)OC[C@@H](COC(=O)CCCCCCCCCC(C)C)OC(=O)CCCCCCCCCCCCCCCC. The number of aliphatic hydroxyl groups excluding tert-OH is 1. The molecule has 0 heterocycles. The first kappa shape index (κ1) is 94.1. The van der Waals surface area contributed by atoms with Gasteiger partial charge in [-0.1, -0.05) is 350 Å². The lowest BCUT2D eigenvalue weighted by molar-refractivity contribution is -0.161. The van der Waals surface area contributed by atoms with Crippen molar-refractivity contribution in [1.29, 1.82) is 0 Å². The second-order valence-corrected chi connectivity index (χ2v) is 31.6. The molecule has 0 aliphatic rings. The molecular weight excluding hydrogens is 1260 g/mol. The van der Waals surface area contributed by atoms with Gasteiger partial charge in [-0.05, 0) is 37.5 Å². The van der Waals surface area contributed by atoms with Gasteiger partial charge in [-0.15, -0.1) is 0 Å². The fourth-order valence-electron chi connectivity index (χ4n) is 11.8. The molecule has 5 atom stereocenters. The van der Waals surface area contributed by atoms with Crippen LogP contribution >= 0.6 is 15.6 Å². The Kier molecular flexibility index (Phi) is 67.4. The van der Waals surface area contributed by atoms with Gasteiger partial charge in [-0.2, -0.15) is 0 Å². The summed E-state index contributed by atoms with van der Waals surface area (Å²) >= 11 is 0. The van der Waals surface area contributed by atoms with Crippen molar-refractivity contribution in [3.05, 3.63) is 0 Å². The van der Waals surface area contributed by atoms with Crippen molar-refractivity contribution >= 4 is 39.5 Å². The quantitative estimate of drug-likeness (QED) is 0.0222. The van der Waals surface area contributed by atoms with Crippen LogP contribution in [0.3, 0.4) is 0 Å². The summed E-state index contributed by atoms with van der Waals surface area (Å²) in [6.07, 6.45) is 56.9. The summed E-state index contributed by atoms with van der Waals surface area (Å²) in [5, 5.41) is 10.6. The zero-order chi connectivity index (χ0) is 70.7. The van der Waals surface area contributed by atoms with E-state index < -0.39 is 97.5 Å². The standard InChI is InChI=1S/C77H150O17P2/c1-7-9-11-13-15-17-19-21-23-24-25-27-33-37-43-50-56-62-76(81)93-72(65-87-74(79)59-53-47-41-35-31-29-28-30-34-39-45-51-57-69(3)4)67-91-95(83,84)89-63-71(78)64-90-96(85,86)92-68-73(66-88-75(80)60-54-48-44-38-40-46-52-58-70(5)6)94-77(82)61-55-49-42-36-32-26-22-20-18-16-14-12-10-8-2/h69-73,78H,7-68H2,1-6H3,(H,83,84)(H,85,86)/t71-,72-,73-/m1/s1. The van der Waals surface area contributed by atoms with Crippen LogP contribution < -0.4 is 0 Å². The van der Waals surface area contributed by atoms with Gasteiger partial charge < -0.3 is 33.8 Å². The monoisotopic (exact) mass is 1410 g/mol. The van der Waals surface area contributed by atoms with Gasteiger partial charge in [0.05, 0.1) is 26.4 Å². The van der Waals surface area contributed by atoms with Crippen LogP contribution in [0, 0.1) is 11.8 Å². The van der Waals surface area contributed by atoms with Crippen LogP contribution in [-0.2, 0) is 65.4 Å². The number of rotatable bonds is 76. The molecule has 570 valence electrons. The molecule has 0 saturated heterocycles. The predicted octanol–water partition coefficient (Wildman–Crippen LogP) is 22.7. The maximum absolute atomic E-state index is 13.1. The van der Waals surface area contributed by atoms with Gasteiger partial charge in [0.25, 0.3) is 0 Å². The summed E-state index contributed by atoms with van der Waals surface area (Å²) in [6, 6.07) is 0. The fourth-order valence-corrected chi connectivity index (χ4v) is 13.4. The molecule has 3 N–H and O–H groups in total. The highest BCUT2D eigenvalue weighted by atomic mass is 31.2. The summed E-state index contributed by atoms with van der Waals surface area (Å²) < 4.78 is 68.6. The van der Waals surface area contributed by atoms with Crippen molar-refractivity contribution in [2.24, 2.45) is 11.8 Å². The molecule has 0 fully saturated rings. The Hall–Kier alpha value is -1.94. The molecule has 19 heteroatoms. The molecule has 0 spiro atoms. The highest BCUT2D eigenvalue weighted by Gasteiger charge is 2.30. The van der Waals surface area contributed by atoms with E-state index in [1.54, 1.807) is 0 Å². The van der Waals surface area contributed by atoms with Gasteiger partial charge in [-0.25, -0.2) is 9.13 Å². The van der Waals surface area contributed by atoms with Crippen LogP contribution in [0.15, 0.2) is 0 Å². The number of ether oxygens (including phenoxy) is 4. The number of hydrogen-bond acceptors (Lipinski definition) is 15. The molecule has 0 bridgehead atoms. The number of esters is 4. The summed E-state index contributed by atoms with van der Waals surface area (Å²) in [7, 11) is -9.91. The molecule has 96 heavy (non-hydrogen) atoms. The van der Waals surface area contributed by atoms with Crippen LogP contribution in [0.25, 0.3) is 0 Å². The molecule has 17 nitrogen and oxygen atoms in total. The number of carbonyl (C=O) groups is 4. The van der Waals surface area contributed by atoms with Gasteiger partial charge in [-0.3, -0.25) is 37.3 Å². The normalized spacial score (nSPS) is 14.0. The number of phosphoric ester groups is 2. The lowest BCUT2D eigenvalue weighted by atomic mass is 10.0. The molecule has 0 radical (unpaired) electrons. The van der Waals surface area contributed by atoms with E-state index in [4.69, 9.17) is 37.0 Å². The van der Waals surface area contributed by atoms with E-state index >= 15 is 0 Å². The number of hydrogen-bond donors (Lipinski definition) is 3. The topological polar surface area (TPSA) is 237 Å². The summed E-state index contributed by atoms with van der Waals surface area (Å²) in [5.74, 6) is -0.626. The zero-order valence-corrected chi connectivity index (χ0v) is 64.5. The Morgan fingerprint density at radius 2 is 0.479 bits per heavy atom. The van der Waals surface area contributed by atoms with Gasteiger partial charge in [0.1, 0.15) is 19.3 Å². The first-order valence-electron chi connectivity index (χ1n) is 40.0. The lowest BCUT2D eigenvalue weighted by Gasteiger charge is -2.21. The Morgan fingerprint density at radius 3 is 0.708 bits per heavy atom. The maximum Gasteiger partial charge on any atom is 0.472 e. The molecule has 0 aliphatic carbocycles. The number of unbranched alkanes of at least 4 members (excludes halogenated alkanes) is 46. The third-order valence-corrected chi connectivity index (χ3v) is 19.9. The van der Waals surface area contributed by atoms with E-state index in [-0.39, 0.29) is 25.7 Å². The minimum atomic E-state index is -4.96. The van der Waals surface area contributed by atoms with E-state index in [1.165, 1.54) is 212 Å². The fraction of sp³-hybridized carbons (Fsp3) is 0.948. The van der Waals surface area contributed by atoms with Crippen molar-refractivity contribution in [2.75, 3.05) is 39.6 Å². The molecule has 0 aromatic heterocycles. The van der Waals surface area contributed by atoms with E-state index in [2.05, 4.69) is 41.5 Å². The van der Waals surface area contributed by atoms with E-state index in [1.807, 2.05) is 0 Å². The Balaban J connectivity index is 5.25. The number of carbonyl (C=O) groups excluding carboxylic acids is 4. The van der Waals surface area contributed by atoms with E-state index in [0.29, 0.717) is 31.6 Å². The predicted molar refractivity (Wildman–Crippen MR) is 391 cm³/mol. The highest BCUT2D eigenvalue weighted by molar-refractivity contribution is 7.47.